The van der Waals surface area contributed by atoms with Crippen LogP contribution in [0.4, 0.5) is 5.82 Å². The molecule has 1 aromatic rings. The van der Waals surface area contributed by atoms with Crippen molar-refractivity contribution in [3.05, 3.63) is 23.9 Å². The largest absolute Gasteiger partial charge is 0.356 e. The van der Waals surface area contributed by atoms with Crippen molar-refractivity contribution in [2.24, 2.45) is 11.7 Å². The second-order valence-corrected chi connectivity index (χ2v) is 4.97. The van der Waals surface area contributed by atoms with Crippen molar-refractivity contribution in [3.8, 4) is 6.07 Å². The summed E-state index contributed by atoms with van der Waals surface area (Å²) >= 11 is 0. The van der Waals surface area contributed by atoms with Gasteiger partial charge in [-0.3, -0.25) is 0 Å². The van der Waals surface area contributed by atoms with Crippen molar-refractivity contribution < 1.29 is 0 Å². The van der Waals surface area contributed by atoms with Gasteiger partial charge in [-0.05, 0) is 37.4 Å². The number of aromatic nitrogens is 1. The van der Waals surface area contributed by atoms with Crippen molar-refractivity contribution in [2.75, 3.05) is 18.5 Å². The van der Waals surface area contributed by atoms with E-state index in [1.807, 2.05) is 6.07 Å². The van der Waals surface area contributed by atoms with Gasteiger partial charge in [0, 0.05) is 19.3 Å². The van der Waals surface area contributed by atoms with Gasteiger partial charge in [0.15, 0.2) is 0 Å². The number of rotatable bonds is 3. The van der Waals surface area contributed by atoms with Crippen molar-refractivity contribution in [1.29, 1.82) is 5.26 Å². The second kappa shape index (κ2) is 5.83. The summed E-state index contributed by atoms with van der Waals surface area (Å²) in [5.74, 6) is 1.41. The molecular weight excluding hydrogens is 224 g/mol. The summed E-state index contributed by atoms with van der Waals surface area (Å²) < 4.78 is 0. The smallest absolute Gasteiger partial charge is 0.129 e. The average molecular weight is 244 g/mol. The Kier molecular flexibility index (Phi) is 4.16. The molecule has 2 rings (SSSR count). The molecule has 0 bridgehead atoms. The Morgan fingerprint density at radius 1 is 1.50 bits per heavy atom. The van der Waals surface area contributed by atoms with Crippen LogP contribution in [0.25, 0.3) is 0 Å². The van der Waals surface area contributed by atoms with E-state index in [4.69, 9.17) is 11.0 Å². The Labute approximate surface area is 108 Å². The third kappa shape index (κ3) is 2.62. The van der Waals surface area contributed by atoms with Gasteiger partial charge in [-0.25, -0.2) is 4.98 Å². The quantitative estimate of drug-likeness (QED) is 0.882. The Hall–Kier alpha value is -1.60. The lowest BCUT2D eigenvalue weighted by molar-refractivity contribution is 0.305. The molecule has 2 unspecified atom stereocenters. The SMILES string of the molecule is CN(c1cc(C#N)ccn1)C1CCCCC1CN. The molecule has 0 amide bonds. The first-order chi connectivity index (χ1) is 8.76. The minimum Gasteiger partial charge on any atom is -0.356 e. The predicted octanol–water partition coefficient (Wildman–Crippen LogP) is 1.91. The summed E-state index contributed by atoms with van der Waals surface area (Å²) in [6.07, 6.45) is 6.59. The summed E-state index contributed by atoms with van der Waals surface area (Å²) in [5, 5.41) is 8.94. The van der Waals surface area contributed by atoms with E-state index in [9.17, 15) is 0 Å². The molecule has 0 saturated heterocycles. The molecule has 0 aromatic carbocycles. The number of hydrogen-bond acceptors (Lipinski definition) is 4. The fourth-order valence-electron chi connectivity index (χ4n) is 2.82. The number of nitrogens with two attached hydrogens (primary N) is 1. The Balaban J connectivity index is 2.18. The van der Waals surface area contributed by atoms with E-state index in [2.05, 4.69) is 23.0 Å². The van der Waals surface area contributed by atoms with Gasteiger partial charge in [-0.2, -0.15) is 5.26 Å². The molecule has 1 aromatic heterocycles. The van der Waals surface area contributed by atoms with Crippen LogP contribution in [-0.2, 0) is 0 Å². The summed E-state index contributed by atoms with van der Waals surface area (Å²) in [7, 11) is 2.06. The first-order valence-corrected chi connectivity index (χ1v) is 6.55. The first-order valence-electron chi connectivity index (χ1n) is 6.55. The fourth-order valence-corrected chi connectivity index (χ4v) is 2.82. The fraction of sp³-hybridized carbons (Fsp3) is 0.571. The van der Waals surface area contributed by atoms with Gasteiger partial charge >= 0.3 is 0 Å². The third-order valence-electron chi connectivity index (χ3n) is 3.91. The molecule has 2 N–H and O–H groups in total. The van der Waals surface area contributed by atoms with Crippen molar-refractivity contribution in [1.82, 2.24) is 4.98 Å². The maximum absolute atomic E-state index is 8.94. The maximum Gasteiger partial charge on any atom is 0.129 e. The third-order valence-corrected chi connectivity index (χ3v) is 3.91. The van der Waals surface area contributed by atoms with Gasteiger partial charge in [0.25, 0.3) is 0 Å². The summed E-state index contributed by atoms with van der Waals surface area (Å²) in [6.45, 7) is 0.729. The number of pyridine rings is 1. The molecular formula is C14H20N4. The standard InChI is InChI=1S/C14H20N4/c1-18(13-5-3-2-4-12(13)10-16)14-8-11(9-15)6-7-17-14/h6-8,12-13H,2-5,10,16H2,1H3. The van der Waals surface area contributed by atoms with Crippen molar-refractivity contribution in [2.45, 2.75) is 31.7 Å². The number of nitriles is 1. The van der Waals surface area contributed by atoms with Crippen LogP contribution in [0.5, 0.6) is 0 Å². The minimum atomic E-state index is 0.449. The molecule has 18 heavy (non-hydrogen) atoms. The Morgan fingerprint density at radius 2 is 2.28 bits per heavy atom. The number of nitrogens with zero attached hydrogens (tertiary/aromatic N) is 3. The van der Waals surface area contributed by atoms with Gasteiger partial charge in [0.1, 0.15) is 5.82 Å². The van der Waals surface area contributed by atoms with E-state index in [1.165, 1.54) is 19.3 Å². The Bertz CT molecular complexity index is 438. The summed E-state index contributed by atoms with van der Waals surface area (Å²) in [6, 6.07) is 6.19. The molecule has 4 heteroatoms. The lowest BCUT2D eigenvalue weighted by atomic mass is 9.83. The monoisotopic (exact) mass is 244 g/mol. The van der Waals surface area contributed by atoms with Gasteiger partial charge in [0.2, 0.25) is 0 Å². The highest BCUT2D eigenvalue weighted by molar-refractivity contribution is 5.45. The highest BCUT2D eigenvalue weighted by Gasteiger charge is 2.28. The van der Waals surface area contributed by atoms with Crippen LogP contribution in [0.2, 0.25) is 0 Å². The molecule has 0 spiro atoms. The van der Waals surface area contributed by atoms with Gasteiger partial charge in [0.05, 0.1) is 11.6 Å². The van der Waals surface area contributed by atoms with Crippen LogP contribution >= 0.6 is 0 Å². The molecule has 0 radical (unpaired) electrons. The van der Waals surface area contributed by atoms with E-state index in [1.54, 1.807) is 12.3 Å². The molecule has 1 aliphatic carbocycles. The zero-order valence-electron chi connectivity index (χ0n) is 10.8. The van der Waals surface area contributed by atoms with E-state index in [0.29, 0.717) is 17.5 Å². The van der Waals surface area contributed by atoms with Crippen molar-refractivity contribution in [3.63, 3.8) is 0 Å². The predicted molar refractivity (Wildman–Crippen MR) is 72.2 cm³/mol. The minimum absolute atomic E-state index is 0.449. The van der Waals surface area contributed by atoms with Crippen molar-refractivity contribution >= 4 is 5.82 Å². The van der Waals surface area contributed by atoms with Gasteiger partial charge in [-0.15, -0.1) is 0 Å². The summed E-state index contributed by atoms with van der Waals surface area (Å²) in [4.78, 5) is 6.56. The number of hydrogen-bond donors (Lipinski definition) is 1. The van der Waals surface area contributed by atoms with E-state index < -0.39 is 0 Å². The molecule has 4 nitrogen and oxygen atoms in total. The highest BCUT2D eigenvalue weighted by Crippen LogP contribution is 2.29. The average Bonchev–Trinajstić information content (AvgIpc) is 2.46. The number of anilines is 1. The molecule has 1 saturated carbocycles. The zero-order valence-corrected chi connectivity index (χ0v) is 10.8. The normalized spacial score (nSPS) is 23.4. The molecule has 1 fully saturated rings. The van der Waals surface area contributed by atoms with E-state index in [-0.39, 0.29) is 0 Å². The van der Waals surface area contributed by atoms with Crippen LogP contribution in [0.1, 0.15) is 31.2 Å². The lowest BCUT2D eigenvalue weighted by Gasteiger charge is -2.38. The van der Waals surface area contributed by atoms with Gasteiger partial charge in [-0.1, -0.05) is 12.8 Å². The van der Waals surface area contributed by atoms with E-state index in [0.717, 1.165) is 18.8 Å². The highest BCUT2D eigenvalue weighted by atomic mass is 15.2. The first kappa shape index (κ1) is 12.8. The van der Waals surface area contributed by atoms with Crippen LogP contribution in [0.3, 0.4) is 0 Å². The molecule has 0 aliphatic heterocycles. The molecule has 96 valence electrons. The summed E-state index contributed by atoms with van der Waals surface area (Å²) in [5.41, 5.74) is 6.53. The second-order valence-electron chi connectivity index (χ2n) is 4.97. The topological polar surface area (TPSA) is 65.9 Å². The van der Waals surface area contributed by atoms with Crippen LogP contribution < -0.4 is 10.6 Å². The zero-order chi connectivity index (χ0) is 13.0. The lowest BCUT2D eigenvalue weighted by Crippen LogP contribution is -2.43. The van der Waals surface area contributed by atoms with Crippen LogP contribution in [0.15, 0.2) is 18.3 Å². The molecule has 1 heterocycles. The van der Waals surface area contributed by atoms with E-state index >= 15 is 0 Å². The van der Waals surface area contributed by atoms with Crippen LogP contribution in [-0.4, -0.2) is 24.6 Å². The van der Waals surface area contributed by atoms with Crippen LogP contribution in [0, 0.1) is 17.2 Å². The molecule has 1 aliphatic rings. The Morgan fingerprint density at radius 3 is 3.00 bits per heavy atom. The molecule has 2 atom stereocenters. The van der Waals surface area contributed by atoms with Gasteiger partial charge < -0.3 is 10.6 Å². The maximum atomic E-state index is 8.94.